The fourth-order valence-electron chi connectivity index (χ4n) is 2.97. The van der Waals surface area contributed by atoms with Crippen LogP contribution in [0.4, 0.5) is 4.39 Å². The second kappa shape index (κ2) is 8.87. The molecule has 1 aliphatic rings. The van der Waals surface area contributed by atoms with Gasteiger partial charge in [0, 0.05) is 38.8 Å². The molecule has 0 radical (unpaired) electrons. The molecule has 0 aliphatic heterocycles. The van der Waals surface area contributed by atoms with Gasteiger partial charge in [-0.2, -0.15) is 0 Å². The summed E-state index contributed by atoms with van der Waals surface area (Å²) in [4.78, 5) is 4.27. The van der Waals surface area contributed by atoms with E-state index in [1.54, 1.807) is 19.2 Å². The van der Waals surface area contributed by atoms with Gasteiger partial charge in [0.2, 0.25) is 0 Å². The summed E-state index contributed by atoms with van der Waals surface area (Å²) in [5.74, 6) is 0.637. The molecule has 4 nitrogen and oxygen atoms in total. The van der Waals surface area contributed by atoms with Crippen LogP contribution in [0, 0.1) is 5.82 Å². The first-order valence-electron chi connectivity index (χ1n) is 8.48. The lowest BCUT2D eigenvalue weighted by Gasteiger charge is -2.43. The fourth-order valence-corrected chi connectivity index (χ4v) is 2.97. The van der Waals surface area contributed by atoms with Gasteiger partial charge >= 0.3 is 0 Å². The molecular weight excluding hydrogens is 293 g/mol. The average molecular weight is 321 g/mol. The zero-order chi connectivity index (χ0) is 16.5. The van der Waals surface area contributed by atoms with Crippen LogP contribution in [0.2, 0.25) is 0 Å². The number of nitrogens with zero attached hydrogens (tertiary/aromatic N) is 1. The van der Waals surface area contributed by atoms with E-state index >= 15 is 0 Å². The average Bonchev–Trinajstić information content (AvgIpc) is 2.53. The number of ether oxygens (including phenoxy) is 1. The monoisotopic (exact) mass is 321 g/mol. The largest absolute Gasteiger partial charge is 0.382 e. The Labute approximate surface area is 138 Å². The molecule has 0 bridgehead atoms. The molecule has 0 unspecified atom stereocenters. The SMILES string of the molecule is CCOCCCNC(=NC)NCC1(c2ccc(F)cc2)CCC1. The fraction of sp³-hybridized carbons (Fsp3) is 0.611. The number of hydrogen-bond donors (Lipinski definition) is 2. The predicted octanol–water partition coefficient (Wildman–Crippen LogP) is 2.84. The zero-order valence-corrected chi connectivity index (χ0v) is 14.2. The van der Waals surface area contributed by atoms with Gasteiger partial charge in [0.25, 0.3) is 0 Å². The van der Waals surface area contributed by atoms with Gasteiger partial charge in [-0.05, 0) is 43.9 Å². The standard InChI is InChI=1S/C18H28FN3O/c1-3-23-13-5-12-21-17(20-2)22-14-18(10-4-11-18)15-6-8-16(19)9-7-15/h6-9H,3-5,10-14H2,1-2H3,(H2,20,21,22). The maximum Gasteiger partial charge on any atom is 0.191 e. The van der Waals surface area contributed by atoms with Crippen LogP contribution in [0.3, 0.4) is 0 Å². The minimum absolute atomic E-state index is 0.108. The van der Waals surface area contributed by atoms with E-state index in [2.05, 4.69) is 15.6 Å². The van der Waals surface area contributed by atoms with Crippen LogP contribution < -0.4 is 10.6 Å². The maximum atomic E-state index is 13.1. The van der Waals surface area contributed by atoms with Gasteiger partial charge in [0.1, 0.15) is 5.82 Å². The number of nitrogens with one attached hydrogen (secondary N) is 2. The first-order valence-corrected chi connectivity index (χ1v) is 8.48. The zero-order valence-electron chi connectivity index (χ0n) is 14.2. The molecule has 1 aliphatic carbocycles. The maximum absolute atomic E-state index is 13.1. The lowest BCUT2D eigenvalue weighted by molar-refractivity contribution is 0.145. The summed E-state index contributed by atoms with van der Waals surface area (Å²) in [6, 6.07) is 6.93. The highest BCUT2D eigenvalue weighted by Crippen LogP contribution is 2.43. The van der Waals surface area contributed by atoms with Gasteiger partial charge in [-0.25, -0.2) is 4.39 Å². The van der Waals surface area contributed by atoms with Crippen molar-refractivity contribution >= 4 is 5.96 Å². The van der Waals surface area contributed by atoms with Gasteiger partial charge in [0.05, 0.1) is 0 Å². The molecule has 0 saturated heterocycles. The van der Waals surface area contributed by atoms with Crippen molar-refractivity contribution in [1.29, 1.82) is 0 Å². The number of halogens is 1. The molecule has 2 rings (SSSR count). The predicted molar refractivity (Wildman–Crippen MR) is 92.4 cm³/mol. The smallest absolute Gasteiger partial charge is 0.191 e. The van der Waals surface area contributed by atoms with Crippen molar-refractivity contribution in [2.24, 2.45) is 4.99 Å². The second-order valence-corrected chi connectivity index (χ2v) is 6.04. The van der Waals surface area contributed by atoms with E-state index in [4.69, 9.17) is 4.74 Å². The number of guanidine groups is 1. The first-order chi connectivity index (χ1) is 11.2. The molecule has 0 atom stereocenters. The summed E-state index contributed by atoms with van der Waals surface area (Å²) in [6.45, 7) is 5.18. The third-order valence-electron chi connectivity index (χ3n) is 4.55. The van der Waals surface area contributed by atoms with Crippen LogP contribution in [0.25, 0.3) is 0 Å². The Kier molecular flexibility index (Phi) is 6.84. The molecule has 0 aromatic heterocycles. The number of benzene rings is 1. The molecule has 1 fully saturated rings. The highest BCUT2D eigenvalue weighted by Gasteiger charge is 2.38. The van der Waals surface area contributed by atoms with E-state index in [1.807, 2.05) is 19.1 Å². The number of rotatable bonds is 8. The van der Waals surface area contributed by atoms with Crippen LogP contribution >= 0.6 is 0 Å². The molecule has 128 valence electrons. The van der Waals surface area contributed by atoms with Crippen LogP contribution in [-0.2, 0) is 10.2 Å². The molecule has 0 heterocycles. The van der Waals surface area contributed by atoms with E-state index in [0.717, 1.165) is 51.5 Å². The summed E-state index contributed by atoms with van der Waals surface area (Å²) < 4.78 is 18.5. The van der Waals surface area contributed by atoms with E-state index in [1.165, 1.54) is 12.0 Å². The van der Waals surface area contributed by atoms with Crippen molar-refractivity contribution in [1.82, 2.24) is 10.6 Å². The molecule has 23 heavy (non-hydrogen) atoms. The van der Waals surface area contributed by atoms with Crippen molar-refractivity contribution in [3.8, 4) is 0 Å². The van der Waals surface area contributed by atoms with Gasteiger partial charge in [-0.3, -0.25) is 4.99 Å². The third-order valence-corrected chi connectivity index (χ3v) is 4.55. The second-order valence-electron chi connectivity index (χ2n) is 6.04. The molecule has 1 aromatic rings. The Balaban J connectivity index is 1.83. The number of aliphatic imine (C=N–C) groups is 1. The molecule has 0 amide bonds. The topological polar surface area (TPSA) is 45.6 Å². The molecule has 5 heteroatoms. The van der Waals surface area contributed by atoms with Gasteiger partial charge in [-0.15, -0.1) is 0 Å². The van der Waals surface area contributed by atoms with Crippen LogP contribution in [0.5, 0.6) is 0 Å². The van der Waals surface area contributed by atoms with Crippen molar-refractivity contribution in [2.75, 3.05) is 33.4 Å². The normalized spacial score (nSPS) is 16.7. The Bertz CT molecular complexity index is 497. The van der Waals surface area contributed by atoms with E-state index in [0.29, 0.717) is 0 Å². The number of hydrogen-bond acceptors (Lipinski definition) is 2. The highest BCUT2D eigenvalue weighted by atomic mass is 19.1. The lowest BCUT2D eigenvalue weighted by atomic mass is 9.64. The van der Waals surface area contributed by atoms with Gasteiger partial charge in [-0.1, -0.05) is 18.6 Å². The Morgan fingerprint density at radius 2 is 2.00 bits per heavy atom. The lowest BCUT2D eigenvalue weighted by Crippen LogP contribution is -2.49. The van der Waals surface area contributed by atoms with E-state index in [9.17, 15) is 4.39 Å². The highest BCUT2D eigenvalue weighted by molar-refractivity contribution is 5.79. The summed E-state index contributed by atoms with van der Waals surface area (Å²) in [5, 5.41) is 6.73. The molecule has 0 spiro atoms. The minimum atomic E-state index is -0.178. The summed E-state index contributed by atoms with van der Waals surface area (Å²) >= 11 is 0. The Morgan fingerprint density at radius 1 is 1.26 bits per heavy atom. The molecule has 2 N–H and O–H groups in total. The molecular formula is C18H28FN3O. The minimum Gasteiger partial charge on any atom is -0.382 e. The van der Waals surface area contributed by atoms with Crippen LogP contribution in [0.15, 0.2) is 29.3 Å². The van der Waals surface area contributed by atoms with E-state index in [-0.39, 0.29) is 11.2 Å². The van der Waals surface area contributed by atoms with Crippen LogP contribution in [0.1, 0.15) is 38.2 Å². The van der Waals surface area contributed by atoms with Gasteiger partial charge < -0.3 is 15.4 Å². The van der Waals surface area contributed by atoms with Crippen molar-refractivity contribution in [2.45, 2.75) is 38.0 Å². The molecule has 1 saturated carbocycles. The van der Waals surface area contributed by atoms with Crippen molar-refractivity contribution in [3.63, 3.8) is 0 Å². The quantitative estimate of drug-likeness (QED) is 0.440. The summed E-state index contributed by atoms with van der Waals surface area (Å²) in [7, 11) is 1.78. The van der Waals surface area contributed by atoms with E-state index < -0.39 is 0 Å². The van der Waals surface area contributed by atoms with Crippen LogP contribution in [-0.4, -0.2) is 39.3 Å². The van der Waals surface area contributed by atoms with Crippen molar-refractivity contribution < 1.29 is 9.13 Å². The summed E-state index contributed by atoms with van der Waals surface area (Å²) in [6.07, 6.45) is 4.44. The van der Waals surface area contributed by atoms with Gasteiger partial charge in [0.15, 0.2) is 5.96 Å². The molecule has 1 aromatic carbocycles. The summed E-state index contributed by atoms with van der Waals surface area (Å²) in [5.41, 5.74) is 1.32. The first kappa shape index (κ1) is 17.7. The Morgan fingerprint density at radius 3 is 2.57 bits per heavy atom. The third kappa shape index (κ3) is 4.93. The van der Waals surface area contributed by atoms with Crippen molar-refractivity contribution in [3.05, 3.63) is 35.6 Å². The Hall–Kier alpha value is -1.62.